The van der Waals surface area contributed by atoms with Crippen LogP contribution in [-0.2, 0) is 17.1 Å². The van der Waals surface area contributed by atoms with Crippen molar-refractivity contribution in [1.29, 1.82) is 0 Å². The fourth-order valence-electron chi connectivity index (χ4n) is 3.59. The van der Waals surface area contributed by atoms with Gasteiger partial charge in [-0.3, -0.25) is 9.59 Å². The molecule has 12 heteroatoms. The molecular weight excluding hydrogens is 506 g/mol. The summed E-state index contributed by atoms with van der Waals surface area (Å²) in [4.78, 5) is 26.3. The number of amides is 2. The first-order valence-electron chi connectivity index (χ1n) is 10.8. The Morgan fingerprint density at radius 1 is 0.919 bits per heavy atom. The first kappa shape index (κ1) is 25.9. The second-order valence-corrected chi connectivity index (χ2v) is 7.93. The topological polar surface area (TPSA) is 67.9 Å². The molecule has 3 aromatic carbocycles. The van der Waals surface area contributed by atoms with Crippen LogP contribution in [0.25, 0.3) is 0 Å². The standard InChI is InChI=1S/C25H18F6N2O4/c26-24(27,28)16-10-15(11-17(12-16)25(29,30)31)23(35)32-18-6-7-20-21(13-18)37-14-22(34)33(20)8-9-36-19-4-2-1-3-5-19/h1-7,10-13H,8-9,14H2,(H,32,35). The second-order valence-electron chi connectivity index (χ2n) is 7.93. The molecule has 194 valence electrons. The van der Waals surface area contributed by atoms with Gasteiger partial charge >= 0.3 is 12.4 Å². The Balaban J connectivity index is 1.51. The van der Waals surface area contributed by atoms with Crippen LogP contribution in [0.3, 0.4) is 0 Å². The fourth-order valence-corrected chi connectivity index (χ4v) is 3.59. The summed E-state index contributed by atoms with van der Waals surface area (Å²) in [5.74, 6) is -0.719. The molecule has 0 bridgehead atoms. The molecule has 1 N–H and O–H groups in total. The van der Waals surface area contributed by atoms with Crippen molar-refractivity contribution in [2.75, 3.05) is 30.0 Å². The minimum Gasteiger partial charge on any atom is -0.492 e. The Hall–Kier alpha value is -4.22. The average molecular weight is 524 g/mol. The van der Waals surface area contributed by atoms with Crippen LogP contribution in [0.4, 0.5) is 37.7 Å². The quantitative estimate of drug-likeness (QED) is 0.415. The number of hydrogen-bond donors (Lipinski definition) is 1. The molecule has 1 aliphatic heterocycles. The van der Waals surface area contributed by atoms with Crippen molar-refractivity contribution in [1.82, 2.24) is 0 Å². The molecule has 0 aromatic heterocycles. The van der Waals surface area contributed by atoms with E-state index in [1.54, 1.807) is 24.3 Å². The van der Waals surface area contributed by atoms with Gasteiger partial charge in [0.15, 0.2) is 6.61 Å². The van der Waals surface area contributed by atoms with Crippen LogP contribution in [-0.4, -0.2) is 31.6 Å². The summed E-state index contributed by atoms with van der Waals surface area (Å²) in [6.45, 7) is 0.0450. The molecule has 0 saturated heterocycles. The van der Waals surface area contributed by atoms with Gasteiger partial charge in [0.2, 0.25) is 0 Å². The Morgan fingerprint density at radius 2 is 1.57 bits per heavy atom. The van der Waals surface area contributed by atoms with E-state index >= 15 is 0 Å². The number of para-hydroxylation sites is 1. The SMILES string of the molecule is O=C(Nc1ccc2c(c1)OCC(=O)N2CCOc1ccccc1)c1cc(C(F)(F)F)cc(C(F)(F)F)c1. The number of benzene rings is 3. The number of carbonyl (C=O) groups is 2. The van der Waals surface area contributed by atoms with E-state index in [2.05, 4.69) is 5.32 Å². The summed E-state index contributed by atoms with van der Waals surface area (Å²) >= 11 is 0. The van der Waals surface area contributed by atoms with Crippen molar-refractivity contribution in [3.63, 3.8) is 0 Å². The number of ether oxygens (including phenoxy) is 2. The molecule has 37 heavy (non-hydrogen) atoms. The zero-order valence-corrected chi connectivity index (χ0v) is 18.8. The zero-order chi connectivity index (χ0) is 26.8. The van der Waals surface area contributed by atoms with Crippen molar-refractivity contribution in [2.24, 2.45) is 0 Å². The zero-order valence-electron chi connectivity index (χ0n) is 18.8. The lowest BCUT2D eigenvalue weighted by Gasteiger charge is -2.29. The molecular formula is C25H18F6N2O4. The Labute approximate surface area is 206 Å². The molecule has 1 aliphatic rings. The molecule has 3 aromatic rings. The van der Waals surface area contributed by atoms with Gasteiger partial charge in [0.05, 0.1) is 23.4 Å². The first-order valence-corrected chi connectivity index (χ1v) is 10.8. The van der Waals surface area contributed by atoms with Crippen molar-refractivity contribution in [2.45, 2.75) is 12.4 Å². The number of fused-ring (bicyclic) bond motifs is 1. The minimum atomic E-state index is -5.09. The van der Waals surface area contributed by atoms with Crippen LogP contribution in [0.2, 0.25) is 0 Å². The number of halogens is 6. The lowest BCUT2D eigenvalue weighted by Crippen LogP contribution is -2.41. The van der Waals surface area contributed by atoms with Gasteiger partial charge in [-0.25, -0.2) is 0 Å². The molecule has 2 amide bonds. The molecule has 0 saturated carbocycles. The third-order valence-corrected chi connectivity index (χ3v) is 5.34. The van der Waals surface area contributed by atoms with Crippen LogP contribution in [0.5, 0.6) is 11.5 Å². The van der Waals surface area contributed by atoms with E-state index in [1.807, 2.05) is 6.07 Å². The van der Waals surface area contributed by atoms with Crippen LogP contribution < -0.4 is 19.7 Å². The maximum atomic E-state index is 13.1. The fraction of sp³-hybridized carbons (Fsp3) is 0.200. The van der Waals surface area contributed by atoms with E-state index in [0.717, 1.165) is 0 Å². The minimum absolute atomic E-state index is 0.0459. The molecule has 0 unspecified atom stereocenters. The Bertz CT molecular complexity index is 1280. The number of carbonyl (C=O) groups excluding carboxylic acids is 2. The van der Waals surface area contributed by atoms with Gasteiger partial charge in [0.1, 0.15) is 18.1 Å². The molecule has 0 radical (unpaired) electrons. The maximum Gasteiger partial charge on any atom is 0.416 e. The van der Waals surface area contributed by atoms with Gasteiger partial charge in [-0.05, 0) is 42.5 Å². The normalized spacial score (nSPS) is 13.6. The van der Waals surface area contributed by atoms with Crippen molar-refractivity contribution in [3.8, 4) is 11.5 Å². The third-order valence-electron chi connectivity index (χ3n) is 5.34. The number of nitrogens with one attached hydrogen (secondary N) is 1. The van der Waals surface area contributed by atoms with Crippen LogP contribution in [0.1, 0.15) is 21.5 Å². The second kappa shape index (κ2) is 10.0. The number of rotatable bonds is 6. The lowest BCUT2D eigenvalue weighted by molar-refractivity contribution is -0.143. The van der Waals surface area contributed by atoms with Crippen molar-refractivity contribution < 1.29 is 45.4 Å². The predicted octanol–water partition coefficient (Wildman–Crippen LogP) is 5.78. The van der Waals surface area contributed by atoms with E-state index in [4.69, 9.17) is 9.47 Å². The highest BCUT2D eigenvalue weighted by Gasteiger charge is 2.37. The highest BCUT2D eigenvalue weighted by Crippen LogP contribution is 2.37. The summed E-state index contributed by atoms with van der Waals surface area (Å²) in [7, 11) is 0. The van der Waals surface area contributed by atoms with Gasteiger partial charge in [-0.15, -0.1) is 0 Å². The van der Waals surface area contributed by atoms with Crippen molar-refractivity contribution in [3.05, 3.63) is 83.4 Å². The Morgan fingerprint density at radius 3 is 2.19 bits per heavy atom. The molecule has 6 nitrogen and oxygen atoms in total. The monoisotopic (exact) mass is 524 g/mol. The first-order chi connectivity index (χ1) is 17.4. The third kappa shape index (κ3) is 6.13. The van der Waals surface area contributed by atoms with Crippen LogP contribution in [0.15, 0.2) is 66.7 Å². The summed E-state index contributed by atoms with van der Waals surface area (Å²) < 4.78 is 89.7. The summed E-state index contributed by atoms with van der Waals surface area (Å²) in [6, 6.07) is 13.7. The summed E-state index contributed by atoms with van der Waals surface area (Å²) in [5.41, 5.74) is -3.62. The number of alkyl halides is 6. The number of anilines is 2. The highest BCUT2D eigenvalue weighted by molar-refractivity contribution is 6.05. The maximum absolute atomic E-state index is 13.1. The van der Waals surface area contributed by atoms with E-state index in [1.165, 1.54) is 23.1 Å². The van der Waals surface area contributed by atoms with E-state index in [0.29, 0.717) is 23.6 Å². The average Bonchev–Trinajstić information content (AvgIpc) is 2.84. The predicted molar refractivity (Wildman–Crippen MR) is 121 cm³/mol. The summed E-state index contributed by atoms with van der Waals surface area (Å²) in [5, 5.41) is 2.27. The molecule has 4 rings (SSSR count). The number of hydrogen-bond acceptors (Lipinski definition) is 4. The lowest BCUT2D eigenvalue weighted by atomic mass is 10.0. The van der Waals surface area contributed by atoms with Crippen LogP contribution >= 0.6 is 0 Å². The molecule has 0 spiro atoms. The molecule has 1 heterocycles. The van der Waals surface area contributed by atoms with Gasteiger partial charge in [0.25, 0.3) is 11.8 Å². The molecule has 0 fully saturated rings. The van der Waals surface area contributed by atoms with Crippen LogP contribution in [0, 0.1) is 0 Å². The van der Waals surface area contributed by atoms with Crippen molar-refractivity contribution >= 4 is 23.2 Å². The molecule has 0 atom stereocenters. The van der Waals surface area contributed by atoms with E-state index in [-0.39, 0.29) is 43.2 Å². The van der Waals surface area contributed by atoms with Gasteiger partial charge in [-0.2, -0.15) is 26.3 Å². The molecule has 0 aliphatic carbocycles. The Kier molecular flexibility index (Phi) is 7.01. The van der Waals surface area contributed by atoms with E-state index in [9.17, 15) is 35.9 Å². The van der Waals surface area contributed by atoms with Gasteiger partial charge in [-0.1, -0.05) is 18.2 Å². The number of nitrogens with zero attached hydrogens (tertiary/aromatic N) is 1. The van der Waals surface area contributed by atoms with E-state index < -0.39 is 35.0 Å². The summed E-state index contributed by atoms with van der Waals surface area (Å²) in [6.07, 6.45) is -10.2. The largest absolute Gasteiger partial charge is 0.492 e. The smallest absolute Gasteiger partial charge is 0.416 e. The van der Waals surface area contributed by atoms with Gasteiger partial charge < -0.3 is 19.7 Å². The highest BCUT2D eigenvalue weighted by atomic mass is 19.4. The van der Waals surface area contributed by atoms with Gasteiger partial charge in [0, 0.05) is 17.3 Å².